The third kappa shape index (κ3) is 3.04. The van der Waals surface area contributed by atoms with Crippen molar-refractivity contribution in [1.29, 1.82) is 0 Å². The summed E-state index contributed by atoms with van der Waals surface area (Å²) in [5, 5.41) is 3.62. The molecular formula is C17H25NO2. The van der Waals surface area contributed by atoms with Crippen LogP contribution in [0.15, 0.2) is 30.3 Å². The van der Waals surface area contributed by atoms with E-state index in [-0.39, 0.29) is 5.97 Å². The monoisotopic (exact) mass is 275 g/mol. The minimum Gasteiger partial charge on any atom is -0.467 e. The molecule has 2 rings (SSSR count). The van der Waals surface area contributed by atoms with E-state index >= 15 is 0 Å². The predicted molar refractivity (Wildman–Crippen MR) is 80.4 cm³/mol. The third-order valence-corrected chi connectivity index (χ3v) is 4.23. The Morgan fingerprint density at radius 1 is 1.30 bits per heavy atom. The van der Waals surface area contributed by atoms with Crippen molar-refractivity contribution >= 4 is 5.97 Å². The van der Waals surface area contributed by atoms with Crippen molar-refractivity contribution in [1.82, 2.24) is 5.32 Å². The summed E-state index contributed by atoms with van der Waals surface area (Å²) in [5.41, 5.74) is 0.320. The highest BCUT2D eigenvalue weighted by Crippen LogP contribution is 2.31. The van der Waals surface area contributed by atoms with E-state index in [4.69, 9.17) is 4.74 Å². The van der Waals surface area contributed by atoms with Crippen molar-refractivity contribution in [2.45, 2.75) is 57.0 Å². The standard InChI is InChI=1S/C17H25NO2/c1-3-13-17(16(19)20-2,14-9-5-4-6-10-14)18-15-11-7-8-12-15/h4-6,9-10,15,18H,3,7-8,11-13H2,1-2H3. The molecule has 1 aromatic rings. The van der Waals surface area contributed by atoms with E-state index in [0.717, 1.165) is 31.2 Å². The largest absolute Gasteiger partial charge is 0.467 e. The minimum absolute atomic E-state index is 0.169. The molecule has 0 aromatic heterocycles. The molecule has 0 heterocycles. The molecule has 1 N–H and O–H groups in total. The summed E-state index contributed by atoms with van der Waals surface area (Å²) in [5.74, 6) is -0.169. The second-order valence-corrected chi connectivity index (χ2v) is 5.64. The number of hydrogen-bond donors (Lipinski definition) is 1. The van der Waals surface area contributed by atoms with Gasteiger partial charge in [-0.15, -0.1) is 0 Å². The van der Waals surface area contributed by atoms with Crippen LogP contribution in [-0.2, 0) is 15.1 Å². The first-order valence-corrected chi connectivity index (χ1v) is 7.64. The molecule has 1 aliphatic carbocycles. The average molecular weight is 275 g/mol. The van der Waals surface area contributed by atoms with Crippen molar-refractivity contribution in [3.63, 3.8) is 0 Å². The van der Waals surface area contributed by atoms with Crippen LogP contribution in [0.4, 0.5) is 0 Å². The van der Waals surface area contributed by atoms with Gasteiger partial charge < -0.3 is 4.74 Å². The van der Waals surface area contributed by atoms with Crippen LogP contribution in [0.2, 0.25) is 0 Å². The maximum atomic E-state index is 12.5. The van der Waals surface area contributed by atoms with E-state index in [9.17, 15) is 4.79 Å². The van der Waals surface area contributed by atoms with Crippen LogP contribution in [-0.4, -0.2) is 19.1 Å². The number of rotatable bonds is 6. The summed E-state index contributed by atoms with van der Waals surface area (Å²) in [4.78, 5) is 12.5. The fourth-order valence-corrected chi connectivity index (χ4v) is 3.27. The molecule has 0 bridgehead atoms. The lowest BCUT2D eigenvalue weighted by molar-refractivity contribution is -0.150. The first-order valence-electron chi connectivity index (χ1n) is 7.64. The average Bonchev–Trinajstić information content (AvgIpc) is 2.99. The van der Waals surface area contributed by atoms with Crippen LogP contribution in [0.1, 0.15) is 51.0 Å². The van der Waals surface area contributed by atoms with Crippen molar-refractivity contribution in [2.75, 3.05) is 7.11 Å². The third-order valence-electron chi connectivity index (χ3n) is 4.23. The second-order valence-electron chi connectivity index (χ2n) is 5.64. The number of carbonyl (C=O) groups excluding carboxylic acids is 1. The van der Waals surface area contributed by atoms with Crippen molar-refractivity contribution in [3.8, 4) is 0 Å². The highest BCUT2D eigenvalue weighted by molar-refractivity contribution is 5.82. The second kappa shape index (κ2) is 6.89. The van der Waals surface area contributed by atoms with Crippen molar-refractivity contribution < 1.29 is 9.53 Å². The summed E-state index contributed by atoms with van der Waals surface area (Å²) in [6.45, 7) is 2.11. The Bertz CT molecular complexity index is 426. The van der Waals surface area contributed by atoms with Gasteiger partial charge in [0.15, 0.2) is 0 Å². The zero-order valence-electron chi connectivity index (χ0n) is 12.5. The fraction of sp³-hybridized carbons (Fsp3) is 0.588. The minimum atomic E-state index is -0.695. The molecule has 1 saturated carbocycles. The molecule has 1 aliphatic rings. The predicted octanol–water partition coefficient (Wildman–Crippen LogP) is 3.39. The highest BCUT2D eigenvalue weighted by atomic mass is 16.5. The Hall–Kier alpha value is -1.35. The lowest BCUT2D eigenvalue weighted by Crippen LogP contribution is -2.53. The van der Waals surface area contributed by atoms with Crippen LogP contribution in [0.5, 0.6) is 0 Å². The molecule has 1 atom stereocenters. The Labute approximate surface area is 121 Å². The molecule has 3 heteroatoms. The maximum absolute atomic E-state index is 12.5. The molecule has 3 nitrogen and oxygen atoms in total. The maximum Gasteiger partial charge on any atom is 0.330 e. The molecule has 20 heavy (non-hydrogen) atoms. The summed E-state index contributed by atoms with van der Waals surface area (Å²) < 4.78 is 5.13. The van der Waals surface area contributed by atoms with Gasteiger partial charge in [0.05, 0.1) is 7.11 Å². The molecule has 0 amide bonds. The first-order chi connectivity index (χ1) is 9.73. The summed E-state index contributed by atoms with van der Waals surface area (Å²) in [7, 11) is 1.48. The van der Waals surface area contributed by atoms with Gasteiger partial charge in [-0.05, 0) is 24.8 Å². The van der Waals surface area contributed by atoms with Gasteiger partial charge in [-0.3, -0.25) is 5.32 Å². The first kappa shape index (κ1) is 15.0. The number of esters is 1. The SMILES string of the molecule is CCCC(NC1CCCC1)(C(=O)OC)c1ccccc1. The Kier molecular flexibility index (Phi) is 5.18. The van der Waals surface area contributed by atoms with E-state index in [0.29, 0.717) is 6.04 Å². The van der Waals surface area contributed by atoms with Crippen LogP contribution in [0.3, 0.4) is 0 Å². The zero-order chi connectivity index (χ0) is 14.4. The topological polar surface area (TPSA) is 38.3 Å². The number of methoxy groups -OCH3 is 1. The number of nitrogens with one attached hydrogen (secondary N) is 1. The summed E-state index contributed by atoms with van der Waals surface area (Å²) in [6, 6.07) is 10.4. The molecule has 110 valence electrons. The number of hydrogen-bond acceptors (Lipinski definition) is 3. The lowest BCUT2D eigenvalue weighted by atomic mass is 9.84. The van der Waals surface area contributed by atoms with Crippen molar-refractivity contribution in [3.05, 3.63) is 35.9 Å². The van der Waals surface area contributed by atoms with Gasteiger partial charge in [-0.25, -0.2) is 4.79 Å². The number of carbonyl (C=O) groups is 1. The molecular weight excluding hydrogens is 250 g/mol. The molecule has 0 spiro atoms. The van der Waals surface area contributed by atoms with Gasteiger partial charge in [0.2, 0.25) is 0 Å². The summed E-state index contributed by atoms with van der Waals surface area (Å²) >= 11 is 0. The van der Waals surface area contributed by atoms with Gasteiger partial charge in [0.25, 0.3) is 0 Å². The summed E-state index contributed by atoms with van der Waals surface area (Å²) in [6.07, 6.45) is 6.49. The van der Waals surface area contributed by atoms with Gasteiger partial charge in [-0.1, -0.05) is 56.5 Å². The Balaban J connectivity index is 2.35. The smallest absolute Gasteiger partial charge is 0.330 e. The van der Waals surface area contributed by atoms with Gasteiger partial charge in [0, 0.05) is 6.04 Å². The molecule has 0 aliphatic heterocycles. The Morgan fingerprint density at radius 2 is 1.95 bits per heavy atom. The van der Waals surface area contributed by atoms with Crippen LogP contribution in [0.25, 0.3) is 0 Å². The lowest BCUT2D eigenvalue weighted by Gasteiger charge is -2.35. The van der Waals surface area contributed by atoms with E-state index in [2.05, 4.69) is 12.2 Å². The van der Waals surface area contributed by atoms with Crippen LogP contribution in [0, 0.1) is 0 Å². The molecule has 0 radical (unpaired) electrons. The van der Waals surface area contributed by atoms with E-state index in [1.807, 2.05) is 30.3 Å². The van der Waals surface area contributed by atoms with Crippen LogP contribution < -0.4 is 5.32 Å². The quantitative estimate of drug-likeness (QED) is 0.809. The molecule has 1 fully saturated rings. The number of benzene rings is 1. The molecule has 1 unspecified atom stereocenters. The van der Waals surface area contributed by atoms with Gasteiger partial charge in [-0.2, -0.15) is 0 Å². The molecule has 1 aromatic carbocycles. The normalized spacial score (nSPS) is 18.7. The zero-order valence-corrected chi connectivity index (χ0v) is 12.5. The Morgan fingerprint density at radius 3 is 2.50 bits per heavy atom. The fourth-order valence-electron chi connectivity index (χ4n) is 3.27. The number of ether oxygens (including phenoxy) is 1. The van der Waals surface area contributed by atoms with Gasteiger partial charge in [0.1, 0.15) is 5.54 Å². The van der Waals surface area contributed by atoms with Crippen molar-refractivity contribution in [2.24, 2.45) is 0 Å². The van der Waals surface area contributed by atoms with E-state index < -0.39 is 5.54 Å². The highest BCUT2D eigenvalue weighted by Gasteiger charge is 2.42. The molecule has 0 saturated heterocycles. The van der Waals surface area contributed by atoms with Crippen LogP contribution >= 0.6 is 0 Å². The van der Waals surface area contributed by atoms with Gasteiger partial charge >= 0.3 is 5.97 Å². The van der Waals surface area contributed by atoms with E-state index in [1.54, 1.807) is 0 Å². The van der Waals surface area contributed by atoms with E-state index in [1.165, 1.54) is 20.0 Å².